The van der Waals surface area contributed by atoms with Crippen molar-refractivity contribution in [3.05, 3.63) is 46.0 Å². The summed E-state index contributed by atoms with van der Waals surface area (Å²) in [6, 6.07) is 4.38. The van der Waals surface area contributed by atoms with Crippen LogP contribution in [0.2, 0.25) is 0 Å². The Morgan fingerprint density at radius 1 is 1.39 bits per heavy atom. The first-order chi connectivity index (χ1) is 8.56. The SMILES string of the molecule is Cc1ccc(C(=O)O)c(Sc2nccc(=O)[nH]2)n1. The van der Waals surface area contributed by atoms with Crippen molar-refractivity contribution in [3.8, 4) is 0 Å². The predicted molar refractivity (Wildman–Crippen MR) is 64.9 cm³/mol. The molecule has 2 N–H and O–H groups in total. The fourth-order valence-electron chi connectivity index (χ4n) is 1.27. The number of rotatable bonds is 3. The Kier molecular flexibility index (Phi) is 3.42. The highest BCUT2D eigenvalue weighted by molar-refractivity contribution is 7.99. The van der Waals surface area contributed by atoms with E-state index in [-0.39, 0.29) is 11.1 Å². The minimum Gasteiger partial charge on any atom is -0.478 e. The lowest BCUT2D eigenvalue weighted by Crippen LogP contribution is -2.06. The summed E-state index contributed by atoms with van der Waals surface area (Å²) >= 11 is 1.01. The highest BCUT2D eigenvalue weighted by atomic mass is 32.2. The number of pyridine rings is 1. The van der Waals surface area contributed by atoms with Gasteiger partial charge in [0.15, 0.2) is 5.16 Å². The van der Waals surface area contributed by atoms with Crippen molar-refractivity contribution in [1.82, 2.24) is 15.0 Å². The van der Waals surface area contributed by atoms with Crippen LogP contribution in [0, 0.1) is 6.92 Å². The van der Waals surface area contributed by atoms with Gasteiger partial charge in [-0.2, -0.15) is 0 Å². The molecule has 0 fully saturated rings. The summed E-state index contributed by atoms with van der Waals surface area (Å²) in [5.74, 6) is -1.07. The molecule has 2 rings (SSSR count). The number of carboxylic acid groups (broad SMARTS) is 1. The molecule has 0 unspecified atom stereocenters. The molecule has 18 heavy (non-hydrogen) atoms. The van der Waals surface area contributed by atoms with Gasteiger partial charge in [0, 0.05) is 18.0 Å². The van der Waals surface area contributed by atoms with Gasteiger partial charge in [-0.3, -0.25) is 4.79 Å². The molecule has 0 aliphatic rings. The molecule has 0 aromatic carbocycles. The van der Waals surface area contributed by atoms with Gasteiger partial charge in [-0.25, -0.2) is 14.8 Å². The second kappa shape index (κ2) is 5.01. The topological polar surface area (TPSA) is 95.9 Å². The molecule has 0 radical (unpaired) electrons. The van der Waals surface area contributed by atoms with Gasteiger partial charge in [-0.1, -0.05) is 0 Å². The standard InChI is InChI=1S/C11H9N3O3S/c1-6-2-3-7(10(16)17)9(13-6)18-11-12-5-4-8(15)14-11/h2-5H,1H3,(H,16,17)(H,12,14,15). The highest BCUT2D eigenvalue weighted by Gasteiger charge is 2.13. The van der Waals surface area contributed by atoms with Crippen molar-refractivity contribution in [2.45, 2.75) is 17.1 Å². The Balaban J connectivity index is 2.42. The van der Waals surface area contributed by atoms with Gasteiger partial charge >= 0.3 is 5.97 Å². The summed E-state index contributed by atoms with van der Waals surface area (Å²) in [6.45, 7) is 1.76. The number of carboxylic acids is 1. The van der Waals surface area contributed by atoms with E-state index in [1.54, 1.807) is 13.0 Å². The zero-order chi connectivity index (χ0) is 13.1. The maximum atomic E-state index is 11.1. The minimum atomic E-state index is -1.07. The summed E-state index contributed by atoms with van der Waals surface area (Å²) in [7, 11) is 0. The first-order valence-electron chi connectivity index (χ1n) is 5.00. The Morgan fingerprint density at radius 2 is 2.17 bits per heavy atom. The maximum Gasteiger partial charge on any atom is 0.338 e. The van der Waals surface area contributed by atoms with Gasteiger partial charge in [-0.05, 0) is 30.8 Å². The number of hydrogen-bond acceptors (Lipinski definition) is 5. The van der Waals surface area contributed by atoms with Crippen LogP contribution >= 0.6 is 11.8 Å². The molecule has 2 heterocycles. The first kappa shape index (κ1) is 12.3. The molecule has 7 heteroatoms. The summed E-state index contributed by atoms with van der Waals surface area (Å²) in [5.41, 5.74) is 0.481. The van der Waals surface area contributed by atoms with Crippen LogP contribution in [0.15, 0.2) is 39.4 Å². The van der Waals surface area contributed by atoms with Gasteiger partial charge in [0.2, 0.25) is 0 Å². The third kappa shape index (κ3) is 2.75. The molecular formula is C11H9N3O3S. The Labute approximate surface area is 106 Å². The first-order valence-corrected chi connectivity index (χ1v) is 5.82. The van der Waals surface area contributed by atoms with Crippen molar-refractivity contribution >= 4 is 17.7 Å². The lowest BCUT2D eigenvalue weighted by Gasteiger charge is -2.04. The minimum absolute atomic E-state index is 0.0807. The Bertz CT molecular complexity index is 654. The fraction of sp³-hybridized carbons (Fsp3) is 0.0909. The number of carbonyl (C=O) groups is 1. The zero-order valence-electron chi connectivity index (χ0n) is 9.38. The van der Waals surface area contributed by atoms with Crippen LogP contribution in [0.25, 0.3) is 0 Å². The van der Waals surface area contributed by atoms with E-state index in [2.05, 4.69) is 15.0 Å². The molecule has 0 atom stereocenters. The number of hydrogen-bond donors (Lipinski definition) is 2. The van der Waals surface area contributed by atoms with Crippen LogP contribution in [0.1, 0.15) is 16.1 Å². The van der Waals surface area contributed by atoms with E-state index < -0.39 is 5.97 Å². The van der Waals surface area contributed by atoms with Crippen molar-refractivity contribution in [2.75, 3.05) is 0 Å². The lowest BCUT2D eigenvalue weighted by molar-refractivity contribution is 0.0692. The van der Waals surface area contributed by atoms with E-state index in [4.69, 9.17) is 5.11 Å². The normalized spacial score (nSPS) is 10.3. The van der Waals surface area contributed by atoms with Crippen LogP contribution < -0.4 is 5.56 Å². The fourth-order valence-corrected chi connectivity index (χ4v) is 2.17. The number of aromatic nitrogens is 3. The highest BCUT2D eigenvalue weighted by Crippen LogP contribution is 2.25. The van der Waals surface area contributed by atoms with E-state index in [1.165, 1.54) is 18.3 Å². The average Bonchev–Trinajstić information content (AvgIpc) is 2.28. The molecule has 2 aromatic heterocycles. The molecule has 0 spiro atoms. The summed E-state index contributed by atoms with van der Waals surface area (Å²) < 4.78 is 0. The van der Waals surface area contributed by atoms with Gasteiger partial charge in [0.1, 0.15) is 5.03 Å². The predicted octanol–water partition coefficient (Wildman–Crippen LogP) is 1.32. The number of H-pyrrole nitrogens is 1. The molecule has 2 aromatic rings. The maximum absolute atomic E-state index is 11.1. The zero-order valence-corrected chi connectivity index (χ0v) is 10.2. The van der Waals surface area contributed by atoms with Crippen molar-refractivity contribution < 1.29 is 9.90 Å². The van der Waals surface area contributed by atoms with Crippen molar-refractivity contribution in [1.29, 1.82) is 0 Å². The Morgan fingerprint density at radius 3 is 2.83 bits per heavy atom. The molecule has 0 aliphatic heterocycles. The number of nitrogens with zero attached hydrogens (tertiary/aromatic N) is 2. The van der Waals surface area contributed by atoms with E-state index in [0.29, 0.717) is 15.9 Å². The van der Waals surface area contributed by atoms with Crippen LogP contribution in [0.4, 0.5) is 0 Å². The smallest absolute Gasteiger partial charge is 0.338 e. The number of aryl methyl sites for hydroxylation is 1. The quantitative estimate of drug-likeness (QED) is 0.811. The largest absolute Gasteiger partial charge is 0.478 e. The number of aromatic amines is 1. The second-order valence-electron chi connectivity index (χ2n) is 3.45. The monoisotopic (exact) mass is 263 g/mol. The number of nitrogens with one attached hydrogen (secondary N) is 1. The van der Waals surface area contributed by atoms with Crippen LogP contribution in [0.5, 0.6) is 0 Å². The molecule has 0 bridgehead atoms. The van der Waals surface area contributed by atoms with E-state index in [9.17, 15) is 9.59 Å². The summed E-state index contributed by atoms with van der Waals surface area (Å²) in [5, 5.41) is 9.65. The van der Waals surface area contributed by atoms with Crippen molar-refractivity contribution in [3.63, 3.8) is 0 Å². The molecule has 0 aliphatic carbocycles. The van der Waals surface area contributed by atoms with Gasteiger partial charge in [0.05, 0.1) is 5.56 Å². The summed E-state index contributed by atoms with van der Waals surface area (Å²) in [6.07, 6.45) is 1.36. The third-order valence-electron chi connectivity index (χ3n) is 2.07. The van der Waals surface area contributed by atoms with Crippen molar-refractivity contribution in [2.24, 2.45) is 0 Å². The summed E-state index contributed by atoms with van der Waals surface area (Å²) in [4.78, 5) is 32.7. The molecule has 92 valence electrons. The van der Waals surface area contributed by atoms with Gasteiger partial charge in [0.25, 0.3) is 5.56 Å². The van der Waals surface area contributed by atoms with E-state index in [0.717, 1.165) is 11.8 Å². The third-order valence-corrected chi connectivity index (χ3v) is 2.98. The number of aromatic carboxylic acids is 1. The molecular weight excluding hydrogens is 254 g/mol. The lowest BCUT2D eigenvalue weighted by atomic mass is 10.2. The molecule has 6 nitrogen and oxygen atoms in total. The van der Waals surface area contributed by atoms with Gasteiger partial charge < -0.3 is 10.1 Å². The van der Waals surface area contributed by atoms with Crippen LogP contribution in [-0.4, -0.2) is 26.0 Å². The van der Waals surface area contributed by atoms with Gasteiger partial charge in [-0.15, -0.1) is 0 Å². The molecule has 0 saturated heterocycles. The molecule has 0 saturated carbocycles. The molecule has 0 amide bonds. The van der Waals surface area contributed by atoms with Crippen LogP contribution in [0.3, 0.4) is 0 Å². The Hall–Kier alpha value is -2.15. The second-order valence-corrected chi connectivity index (χ2v) is 4.43. The van der Waals surface area contributed by atoms with E-state index >= 15 is 0 Å². The van der Waals surface area contributed by atoms with E-state index in [1.807, 2.05) is 0 Å². The van der Waals surface area contributed by atoms with Crippen LogP contribution in [-0.2, 0) is 0 Å². The average molecular weight is 263 g/mol.